The normalized spacial score (nSPS) is 20.6. The smallest absolute Gasteiger partial charge is 0.349 e. The van der Waals surface area contributed by atoms with Crippen LogP contribution in [-0.4, -0.2) is 208 Å². The molecule has 7 heterocycles. The topological polar surface area (TPSA) is 517 Å². The fourth-order valence-electron chi connectivity index (χ4n) is 13.9. The molecule has 5 aromatic heterocycles. The molecule has 17 N–H and O–H groups in total. The summed E-state index contributed by atoms with van der Waals surface area (Å²) < 4.78 is 24.4. The van der Waals surface area contributed by atoms with Crippen molar-refractivity contribution in [2.45, 2.75) is 299 Å². The number of hydrogen-bond acceptors (Lipinski definition) is 26. The van der Waals surface area contributed by atoms with Crippen LogP contribution in [-0.2, 0) is 54.4 Å². The number of aromatic nitrogens is 10. The maximum absolute atomic E-state index is 13.5. The van der Waals surface area contributed by atoms with Gasteiger partial charge in [0.15, 0.2) is 17.1 Å². The third kappa shape index (κ3) is 35.5. The number of Topliss-reactive ketones (excluding diaryl/α,β-unsaturated/α-hetero) is 2. The fourth-order valence-corrected chi connectivity index (χ4v) is 13.9. The van der Waals surface area contributed by atoms with E-state index in [1.54, 1.807) is 34.8 Å². The van der Waals surface area contributed by atoms with Crippen molar-refractivity contribution in [2.24, 2.45) is 55.8 Å². The van der Waals surface area contributed by atoms with Crippen LogP contribution in [0.25, 0.3) is 21.0 Å². The van der Waals surface area contributed by atoms with Crippen LogP contribution in [0.2, 0.25) is 0 Å². The van der Waals surface area contributed by atoms with Crippen molar-refractivity contribution in [1.29, 1.82) is 0 Å². The van der Waals surface area contributed by atoms with Gasteiger partial charge >= 0.3 is 17.8 Å². The summed E-state index contributed by atoms with van der Waals surface area (Å²) in [7, 11) is 4.53. The van der Waals surface area contributed by atoms with Crippen LogP contribution in [0.1, 0.15) is 240 Å². The fraction of sp³-hybridized carbons (Fsp3) is 0.651. The Kier molecular flexibility index (Phi) is 40.3. The lowest BCUT2D eigenvalue weighted by Crippen LogP contribution is -2.59. The first-order chi connectivity index (χ1) is 58.0. The van der Waals surface area contributed by atoms with E-state index in [-0.39, 0.29) is 122 Å². The van der Waals surface area contributed by atoms with Crippen LogP contribution in [0.15, 0.2) is 76.1 Å². The van der Waals surface area contributed by atoms with E-state index in [0.29, 0.717) is 48.0 Å². The first kappa shape index (κ1) is 106. The van der Waals surface area contributed by atoms with Gasteiger partial charge in [-0.3, -0.25) is 34.4 Å². The van der Waals surface area contributed by atoms with Gasteiger partial charge in [-0.1, -0.05) is 122 Å². The lowest BCUT2D eigenvalue weighted by Gasteiger charge is -2.43. The number of urea groups is 2. The summed E-state index contributed by atoms with van der Waals surface area (Å²) in [4.78, 5) is 119. The number of carbonyl (C=O) groups excluding carboxylic acids is 7. The number of anilines is 2. The Morgan fingerprint density at radius 2 is 1.15 bits per heavy atom. The van der Waals surface area contributed by atoms with Gasteiger partial charge < -0.3 is 82.6 Å². The molecule has 1 aromatic carbocycles. The molecule has 3 aliphatic carbocycles. The summed E-state index contributed by atoms with van der Waals surface area (Å²) in [5.74, 6) is 7.08. The second-order valence-electron chi connectivity index (χ2n) is 38.3. The zero-order valence-corrected chi connectivity index (χ0v) is 78.2. The molecule has 39 heteroatoms. The van der Waals surface area contributed by atoms with Crippen LogP contribution in [0.4, 0.5) is 21.4 Å². The molecule has 3 saturated carbocycles. The van der Waals surface area contributed by atoms with E-state index in [4.69, 9.17) is 34.4 Å². The molecule has 11 rings (SSSR count). The van der Waals surface area contributed by atoms with Gasteiger partial charge in [-0.15, -0.1) is 0 Å². The third-order valence-electron chi connectivity index (χ3n) is 20.1. The number of amides is 7. The number of ketones is 2. The molecule has 125 heavy (non-hydrogen) atoms. The van der Waals surface area contributed by atoms with Gasteiger partial charge in [0, 0.05) is 122 Å². The molecule has 10 atom stereocenters. The van der Waals surface area contributed by atoms with Crippen LogP contribution in [0.5, 0.6) is 5.75 Å². The zero-order chi connectivity index (χ0) is 94.5. The number of likely N-dealkylation sites (tertiary alicyclic amines) is 1. The third-order valence-corrected chi connectivity index (χ3v) is 20.1. The van der Waals surface area contributed by atoms with E-state index in [2.05, 4.69) is 196 Å². The van der Waals surface area contributed by atoms with Crippen molar-refractivity contribution in [1.82, 2.24) is 86.0 Å². The standard InChI is InChI=1S/C25H40N8O2.C17H31N3O2.C15H18N4O.C9H12N4O.C8H14N4O.C7H11NO.C4H10O3.CH5N3O/c1-15(34)28-18-12-16(30-25(5,6)7)8-9-19(18)32-11-10-17(22(32)35)29-23-27-14-26-21-13-20(24(2,3)4)31-33(21)23;1-10(21)19-15-9-11(20-17(2,3)4)5-6-12(15)13-7-8-14(18)16(13)22;1-15(2,3)12-9-13-16-10-17-14(19(13)18-12)20-11-7-5-4-6-8-11;1-9(2,3)6-4-7-10-5-11-8(14)13(7)12-6;1-8(2,3)6(5-10-4)11-12-7(9)13;1-7(2,3)6(9)5-8-4;1-5-4(6-2)7-3;2-1(5)4-3/h13-14,16-19,30H,8-12H2,1-7H3,(H,28,34)(H,26,27,29);11-15,20H,5-9,18H2,1-4H3,(H,19,21);4-10,14H,1-3H3,(H,16,17);4-5H,1-3H3,(H,10,11,14);5H2,1-3H3,(H3,9,12,13);5H2,1-3H3;4H,1-3H3;3H2,(H3,2,4,5)/b;;;;11-6+;;;/t16-,17?,18-,19+;11-,12-,13?,14+,15-;;;;;;/m11....../s1. The summed E-state index contributed by atoms with van der Waals surface area (Å²) in [5.41, 5.74) is 22.6. The minimum absolute atomic E-state index is 0.00100. The number of aromatic amines is 1. The molecule has 2 aliphatic heterocycles. The minimum Gasteiger partial charge on any atom is -0.449 e. The number of fused-ring (bicyclic) bond motifs is 3. The molecule has 0 radical (unpaired) electrons. The molecule has 4 fully saturated rings. The number of hydrazone groups is 1. The Morgan fingerprint density at radius 3 is 1.61 bits per heavy atom. The Balaban J connectivity index is 0.000000320. The number of methoxy groups -OCH3 is 3. The van der Waals surface area contributed by atoms with Crippen molar-refractivity contribution in [3.05, 3.63) is 112 Å². The molecule has 6 aromatic rings. The number of ether oxygens (including phenoxy) is 4. The van der Waals surface area contributed by atoms with Crippen molar-refractivity contribution < 1.29 is 52.5 Å². The number of nitrogens with one attached hydrogen (secondary N) is 9. The number of carbonyl (C=O) groups is 7. The number of primary amides is 2. The van der Waals surface area contributed by atoms with E-state index in [0.717, 1.165) is 80.0 Å². The lowest BCUT2D eigenvalue weighted by molar-refractivity contribution is -0.252. The largest absolute Gasteiger partial charge is 0.449 e. The predicted molar refractivity (Wildman–Crippen MR) is 483 cm³/mol. The molecule has 0 bridgehead atoms. The molecule has 3 unspecified atom stereocenters. The number of para-hydroxylation sites is 1. The first-order valence-electron chi connectivity index (χ1n) is 41.9. The number of H-pyrrole nitrogens is 1. The van der Waals surface area contributed by atoms with Crippen molar-refractivity contribution in [2.75, 3.05) is 51.6 Å². The molecule has 1 saturated heterocycles. The van der Waals surface area contributed by atoms with E-state index in [1.165, 1.54) is 38.5 Å². The molecule has 7 amide bonds. The average Bonchev–Trinajstić information content (AvgIpc) is 1.65. The monoisotopic (exact) mass is 1740 g/mol. The van der Waals surface area contributed by atoms with Crippen molar-refractivity contribution in [3.63, 3.8) is 0 Å². The van der Waals surface area contributed by atoms with Gasteiger partial charge in [0.1, 0.15) is 29.6 Å². The quantitative estimate of drug-likeness (QED) is 0.0107. The van der Waals surface area contributed by atoms with E-state index < -0.39 is 30.9 Å². The Morgan fingerprint density at radius 1 is 0.632 bits per heavy atom. The summed E-state index contributed by atoms with van der Waals surface area (Å²) in [6, 6.07) is 14.0. The molecular formula is C86H141N27O12. The highest BCUT2D eigenvalue weighted by molar-refractivity contribution is 5.93. The molecule has 0 spiro atoms. The number of hydrogen-bond donors (Lipinski definition) is 13. The summed E-state index contributed by atoms with van der Waals surface area (Å²) >= 11 is 0. The highest BCUT2D eigenvalue weighted by Gasteiger charge is 2.45. The minimum atomic E-state index is -0.718. The number of rotatable bonds is 16. The van der Waals surface area contributed by atoms with Gasteiger partial charge in [0.2, 0.25) is 29.5 Å². The van der Waals surface area contributed by atoms with Gasteiger partial charge in [-0.25, -0.2) is 58.7 Å². The first-order valence-corrected chi connectivity index (χ1v) is 41.9. The molecule has 692 valence electrons. The average molecular weight is 1750 g/mol. The van der Waals surface area contributed by atoms with E-state index in [9.17, 15) is 38.4 Å². The molecular weight excluding hydrogens is 1600 g/mol. The second-order valence-corrected chi connectivity index (χ2v) is 38.3. The van der Waals surface area contributed by atoms with Gasteiger partial charge in [-0.2, -0.15) is 34.1 Å². The summed E-state index contributed by atoms with van der Waals surface area (Å²) in [6.07, 6.45) is 11.9. The highest BCUT2D eigenvalue weighted by Crippen LogP contribution is 2.39. The molecule has 39 nitrogen and oxygen atoms in total. The maximum Gasteiger partial charge on any atom is 0.349 e. The van der Waals surface area contributed by atoms with Gasteiger partial charge in [0.25, 0.3) is 25.9 Å². The van der Waals surface area contributed by atoms with Crippen molar-refractivity contribution in [3.8, 4) is 5.75 Å². The van der Waals surface area contributed by atoms with E-state index in [1.807, 2.05) is 116 Å². The predicted octanol–water partition coefficient (Wildman–Crippen LogP) is 8.72. The molecule has 5 aliphatic rings. The summed E-state index contributed by atoms with van der Waals surface area (Å²) in [6.45, 7) is 59.5. The SMILES string of the molecule is CC(=O)N[C@@H]1C[C@H](NC(C)(C)C)CC[C@@H]1C1CC[C@H](N)C1=O.CC(=O)N[C@@H]1C[C@H](NC(C)(C)C)CC[C@@H]1N1CCC(Nc2ncnc3cc(C(C)(C)C)nn23)C1=O.CC(C)(C)c1cc2n(n1)C(Oc1ccccc1)N=CN2.CC(C)(C)c1cc2nc[nH]c(=O)n2n1.COC(OC)OC.NNC(N)=O.[C-]#[N+]C/C(=N\NC(N)=O)C(C)(C)C.[C-]#[N+]CC(=O)C(C)(C)C. The van der Waals surface area contributed by atoms with E-state index >= 15 is 0 Å². The Hall–Kier alpha value is -10.9. The van der Waals surface area contributed by atoms with Crippen LogP contribution in [0.3, 0.4) is 0 Å². The van der Waals surface area contributed by atoms with Gasteiger partial charge in [0.05, 0.1) is 47.9 Å². The number of nitrogens with two attached hydrogens (primary N) is 4. The number of nitrogens with zero attached hydrogens (tertiary/aromatic N) is 14. The van der Waals surface area contributed by atoms with Crippen molar-refractivity contribution >= 4 is 76.5 Å². The number of benzene rings is 1. The highest BCUT2D eigenvalue weighted by atomic mass is 16.8. The van der Waals surface area contributed by atoms with Crippen LogP contribution in [0, 0.1) is 35.8 Å². The number of hydrazine groups is 1. The van der Waals surface area contributed by atoms with Crippen LogP contribution < -0.4 is 76.2 Å². The maximum atomic E-state index is 13.5. The Bertz CT molecular complexity index is 4680. The number of aliphatic imine (C=N–C) groups is 1. The van der Waals surface area contributed by atoms with Gasteiger partial charge in [-0.05, 0) is 117 Å². The van der Waals surface area contributed by atoms with Crippen LogP contribution >= 0.6 is 0 Å². The Labute approximate surface area is 735 Å². The zero-order valence-electron chi connectivity index (χ0n) is 78.2. The summed E-state index contributed by atoms with van der Waals surface area (Å²) in [5, 5.41) is 37.2. The lowest BCUT2D eigenvalue weighted by atomic mass is 9.73. The second kappa shape index (κ2) is 47.4.